The van der Waals surface area contributed by atoms with Crippen molar-refractivity contribution >= 4 is 59.3 Å². The van der Waals surface area contributed by atoms with Crippen LogP contribution in [0.5, 0.6) is 0 Å². The second-order valence-electron chi connectivity index (χ2n) is 12.1. The topological polar surface area (TPSA) is 3.24 Å². The fourth-order valence-corrected chi connectivity index (χ4v) is 8.18. The van der Waals surface area contributed by atoms with E-state index in [1.54, 1.807) is 0 Å². The number of rotatable bonds is 6. The van der Waals surface area contributed by atoms with E-state index in [-0.39, 0.29) is 0 Å². The lowest BCUT2D eigenvalue weighted by molar-refractivity contribution is 1.29. The molecule has 1 aromatic heterocycles. The van der Waals surface area contributed by atoms with Gasteiger partial charge >= 0.3 is 0 Å². The maximum Gasteiger partial charge on any atom is 0.0540 e. The van der Waals surface area contributed by atoms with E-state index in [1.807, 2.05) is 11.3 Å². The summed E-state index contributed by atoms with van der Waals surface area (Å²) in [6.45, 7) is 0. The number of hydrogen-bond donors (Lipinski definition) is 0. The summed E-state index contributed by atoms with van der Waals surface area (Å²) in [6, 6.07) is 68.2. The third-order valence-corrected chi connectivity index (χ3v) is 10.4. The van der Waals surface area contributed by atoms with Gasteiger partial charge in [-0.15, -0.1) is 11.3 Å². The molecule has 8 aromatic carbocycles. The number of para-hydroxylation sites is 2. The van der Waals surface area contributed by atoms with Crippen LogP contribution in [-0.4, -0.2) is 0 Å². The fraction of sp³-hybridized carbons (Fsp3) is 0. The Hall–Kier alpha value is -5.96. The molecule has 0 spiro atoms. The van der Waals surface area contributed by atoms with Crippen molar-refractivity contribution in [3.8, 4) is 33.4 Å². The minimum atomic E-state index is 1.13. The number of thiophene rings is 1. The number of benzene rings is 8. The third-order valence-electron chi connectivity index (χ3n) is 9.27. The molecular formula is C46H31NS. The van der Waals surface area contributed by atoms with Crippen LogP contribution in [0.4, 0.5) is 17.1 Å². The molecule has 0 aliphatic heterocycles. The van der Waals surface area contributed by atoms with E-state index in [0.717, 1.165) is 17.1 Å². The Morgan fingerprint density at radius 2 is 0.875 bits per heavy atom. The minimum Gasteiger partial charge on any atom is -0.309 e. The smallest absolute Gasteiger partial charge is 0.0540 e. The van der Waals surface area contributed by atoms with Gasteiger partial charge in [0, 0.05) is 37.0 Å². The van der Waals surface area contributed by atoms with Gasteiger partial charge in [-0.2, -0.15) is 0 Å². The van der Waals surface area contributed by atoms with Gasteiger partial charge in [0.2, 0.25) is 0 Å². The van der Waals surface area contributed by atoms with E-state index >= 15 is 0 Å². The van der Waals surface area contributed by atoms with Crippen molar-refractivity contribution in [1.82, 2.24) is 0 Å². The molecule has 1 heterocycles. The summed E-state index contributed by atoms with van der Waals surface area (Å²) >= 11 is 1.86. The predicted octanol–water partition coefficient (Wildman–Crippen LogP) is 13.7. The summed E-state index contributed by atoms with van der Waals surface area (Å²) in [5.41, 5.74) is 10.6. The average Bonchev–Trinajstić information content (AvgIpc) is 3.54. The monoisotopic (exact) mass is 629 g/mol. The maximum absolute atomic E-state index is 2.45. The van der Waals surface area contributed by atoms with Crippen LogP contribution in [0.2, 0.25) is 0 Å². The van der Waals surface area contributed by atoms with Gasteiger partial charge in [0.15, 0.2) is 0 Å². The Morgan fingerprint density at radius 1 is 0.333 bits per heavy atom. The van der Waals surface area contributed by atoms with Crippen LogP contribution in [0.15, 0.2) is 188 Å². The molecule has 0 saturated carbocycles. The third kappa shape index (κ3) is 4.95. The summed E-state index contributed by atoms with van der Waals surface area (Å²) in [5.74, 6) is 0. The van der Waals surface area contributed by atoms with E-state index in [1.165, 1.54) is 64.3 Å². The molecule has 0 aliphatic rings. The molecule has 226 valence electrons. The van der Waals surface area contributed by atoms with Crippen molar-refractivity contribution in [2.24, 2.45) is 0 Å². The molecule has 2 heteroatoms. The summed E-state index contributed by atoms with van der Waals surface area (Å²) < 4.78 is 2.60. The van der Waals surface area contributed by atoms with Crippen LogP contribution in [-0.2, 0) is 0 Å². The van der Waals surface area contributed by atoms with Gasteiger partial charge in [0.25, 0.3) is 0 Å². The quantitative estimate of drug-likeness (QED) is 0.177. The zero-order chi connectivity index (χ0) is 31.9. The highest BCUT2D eigenvalue weighted by Crippen LogP contribution is 2.47. The van der Waals surface area contributed by atoms with E-state index in [4.69, 9.17) is 0 Å². The van der Waals surface area contributed by atoms with Gasteiger partial charge in [0.05, 0.1) is 11.4 Å². The largest absolute Gasteiger partial charge is 0.309 e. The first-order valence-corrected chi connectivity index (χ1v) is 17.2. The average molecular weight is 630 g/mol. The maximum atomic E-state index is 2.45. The first-order valence-electron chi connectivity index (χ1n) is 16.4. The first kappa shape index (κ1) is 28.3. The van der Waals surface area contributed by atoms with Crippen molar-refractivity contribution in [2.75, 3.05) is 4.90 Å². The highest BCUT2D eigenvalue weighted by atomic mass is 32.1. The van der Waals surface area contributed by atoms with E-state index in [0.29, 0.717) is 0 Å². The lowest BCUT2D eigenvalue weighted by Gasteiger charge is -2.30. The van der Waals surface area contributed by atoms with Crippen molar-refractivity contribution in [2.45, 2.75) is 0 Å². The van der Waals surface area contributed by atoms with E-state index in [2.05, 4.69) is 193 Å². The molecule has 0 fully saturated rings. The molecular weight excluding hydrogens is 599 g/mol. The lowest BCUT2D eigenvalue weighted by atomic mass is 9.94. The van der Waals surface area contributed by atoms with Crippen LogP contribution in [0.3, 0.4) is 0 Å². The Kier molecular flexibility index (Phi) is 7.07. The van der Waals surface area contributed by atoms with Crippen molar-refractivity contribution in [3.63, 3.8) is 0 Å². The molecule has 0 N–H and O–H groups in total. The van der Waals surface area contributed by atoms with E-state index < -0.39 is 0 Å². The Morgan fingerprint density at radius 3 is 1.69 bits per heavy atom. The van der Waals surface area contributed by atoms with Crippen LogP contribution >= 0.6 is 11.3 Å². The SMILES string of the molecule is c1ccc(-c2ccccc2N(c2ccc3c(c2)sc2ccccc23)c2ccccc2-c2cccc(-c3cccc4ccccc34)c2)cc1. The molecule has 0 saturated heterocycles. The molecule has 0 atom stereocenters. The van der Waals surface area contributed by atoms with E-state index in [9.17, 15) is 0 Å². The van der Waals surface area contributed by atoms with Gasteiger partial charge in [0.1, 0.15) is 0 Å². The van der Waals surface area contributed by atoms with Crippen molar-refractivity contribution in [3.05, 3.63) is 188 Å². The van der Waals surface area contributed by atoms with Gasteiger partial charge in [-0.05, 0) is 69.4 Å². The summed E-state index contributed by atoms with van der Waals surface area (Å²) in [7, 11) is 0. The molecule has 0 unspecified atom stereocenters. The second kappa shape index (κ2) is 12.0. The Labute approximate surface area is 284 Å². The summed E-state index contributed by atoms with van der Waals surface area (Å²) in [4.78, 5) is 2.45. The molecule has 0 aliphatic carbocycles. The Balaban J connectivity index is 1.27. The molecule has 0 bridgehead atoms. The summed E-state index contributed by atoms with van der Waals surface area (Å²) in [6.07, 6.45) is 0. The zero-order valence-electron chi connectivity index (χ0n) is 26.3. The zero-order valence-corrected chi connectivity index (χ0v) is 27.1. The fourth-order valence-electron chi connectivity index (χ4n) is 7.04. The number of nitrogens with zero attached hydrogens (tertiary/aromatic N) is 1. The standard InChI is InChI=1S/C46H31NS/c1-2-14-33(15-3-1)39-21-6-9-25-43(39)47(36-28-29-42-41-23-8-11-27-45(41)48-46(42)31-36)44-26-10-7-22-40(44)35-19-12-18-34(30-35)38-24-13-17-32-16-4-5-20-37(32)38/h1-31H. The predicted molar refractivity (Wildman–Crippen MR) is 208 cm³/mol. The number of fused-ring (bicyclic) bond motifs is 4. The van der Waals surface area contributed by atoms with Crippen LogP contribution < -0.4 is 4.90 Å². The molecule has 48 heavy (non-hydrogen) atoms. The Bertz CT molecular complexity index is 2570. The van der Waals surface area contributed by atoms with Crippen molar-refractivity contribution in [1.29, 1.82) is 0 Å². The number of hydrogen-bond acceptors (Lipinski definition) is 2. The van der Waals surface area contributed by atoms with Crippen molar-refractivity contribution < 1.29 is 0 Å². The highest BCUT2D eigenvalue weighted by molar-refractivity contribution is 7.25. The highest BCUT2D eigenvalue weighted by Gasteiger charge is 2.21. The molecule has 9 rings (SSSR count). The summed E-state index contributed by atoms with van der Waals surface area (Å²) in [5, 5.41) is 5.12. The molecule has 0 radical (unpaired) electrons. The second-order valence-corrected chi connectivity index (χ2v) is 13.2. The van der Waals surface area contributed by atoms with Crippen LogP contribution in [0.1, 0.15) is 0 Å². The molecule has 1 nitrogen and oxygen atoms in total. The normalized spacial score (nSPS) is 11.3. The van der Waals surface area contributed by atoms with Gasteiger partial charge < -0.3 is 4.90 Å². The van der Waals surface area contributed by atoms with Gasteiger partial charge in [-0.3, -0.25) is 0 Å². The minimum absolute atomic E-state index is 1.13. The molecule has 9 aromatic rings. The van der Waals surface area contributed by atoms with Crippen LogP contribution in [0, 0.1) is 0 Å². The first-order chi connectivity index (χ1) is 23.8. The van der Waals surface area contributed by atoms with Gasteiger partial charge in [-0.1, -0.05) is 152 Å². The van der Waals surface area contributed by atoms with Crippen LogP contribution in [0.25, 0.3) is 64.3 Å². The molecule has 0 amide bonds. The lowest BCUT2D eigenvalue weighted by Crippen LogP contribution is -2.12. The van der Waals surface area contributed by atoms with Gasteiger partial charge in [-0.25, -0.2) is 0 Å². The number of anilines is 3.